The van der Waals surface area contributed by atoms with Gasteiger partial charge in [0, 0.05) is 6.20 Å². The highest BCUT2D eigenvalue weighted by Gasteiger charge is 2.17. The maximum Gasteiger partial charge on any atom is 0.230 e. The SMILES string of the molecule is CS(=O)(=O)NS(=O)(=O)Cc1cccnn1. The molecule has 0 aliphatic heterocycles. The van der Waals surface area contributed by atoms with Gasteiger partial charge in [-0.1, -0.05) is 0 Å². The summed E-state index contributed by atoms with van der Waals surface area (Å²) in [4.78, 5) is 0. The van der Waals surface area contributed by atoms with Gasteiger partial charge in [-0.15, -0.1) is 4.13 Å². The van der Waals surface area contributed by atoms with Crippen molar-refractivity contribution in [1.29, 1.82) is 0 Å². The van der Waals surface area contributed by atoms with Gasteiger partial charge in [0.1, 0.15) is 5.75 Å². The van der Waals surface area contributed by atoms with Gasteiger partial charge in [-0.2, -0.15) is 10.2 Å². The van der Waals surface area contributed by atoms with E-state index < -0.39 is 25.8 Å². The lowest BCUT2D eigenvalue weighted by Gasteiger charge is -2.02. The average molecular weight is 251 g/mol. The highest BCUT2D eigenvalue weighted by atomic mass is 32.3. The molecular weight excluding hydrogens is 242 g/mol. The zero-order chi connectivity index (χ0) is 11.5. The van der Waals surface area contributed by atoms with E-state index in [0.29, 0.717) is 0 Å². The molecule has 0 atom stereocenters. The maximum atomic E-state index is 11.3. The van der Waals surface area contributed by atoms with Crippen LogP contribution in [0, 0.1) is 0 Å². The molecule has 0 saturated carbocycles. The lowest BCUT2D eigenvalue weighted by molar-refractivity contribution is 0.579. The quantitative estimate of drug-likeness (QED) is 0.724. The van der Waals surface area contributed by atoms with E-state index in [1.54, 1.807) is 0 Å². The van der Waals surface area contributed by atoms with Crippen molar-refractivity contribution in [3.8, 4) is 0 Å². The molecule has 7 nitrogen and oxygen atoms in total. The first-order valence-electron chi connectivity index (χ1n) is 3.76. The van der Waals surface area contributed by atoms with E-state index >= 15 is 0 Å². The predicted molar refractivity (Wildman–Crippen MR) is 52.6 cm³/mol. The maximum absolute atomic E-state index is 11.3. The smallest absolute Gasteiger partial charge is 0.212 e. The number of nitrogens with zero attached hydrogens (tertiary/aromatic N) is 2. The Kier molecular flexibility index (Phi) is 3.37. The van der Waals surface area contributed by atoms with E-state index in [1.165, 1.54) is 22.5 Å². The van der Waals surface area contributed by atoms with Crippen LogP contribution in [0.4, 0.5) is 0 Å². The number of aromatic nitrogens is 2. The largest absolute Gasteiger partial charge is 0.230 e. The summed E-state index contributed by atoms with van der Waals surface area (Å²) in [6, 6.07) is 2.95. The van der Waals surface area contributed by atoms with E-state index in [-0.39, 0.29) is 5.69 Å². The van der Waals surface area contributed by atoms with E-state index in [2.05, 4.69) is 10.2 Å². The molecule has 0 spiro atoms. The second-order valence-corrected chi connectivity index (χ2v) is 6.56. The third-order valence-electron chi connectivity index (χ3n) is 1.24. The lowest BCUT2D eigenvalue weighted by Crippen LogP contribution is -2.30. The summed E-state index contributed by atoms with van der Waals surface area (Å²) in [6.45, 7) is 0. The molecule has 0 fully saturated rings. The molecule has 84 valence electrons. The normalized spacial score (nSPS) is 12.6. The van der Waals surface area contributed by atoms with Crippen LogP contribution in [-0.2, 0) is 25.8 Å². The summed E-state index contributed by atoms with van der Waals surface area (Å²) in [5.74, 6) is -0.520. The molecule has 1 aromatic rings. The standard InChI is InChI=1S/C6H9N3O4S2/c1-14(10,11)9-15(12,13)5-6-3-2-4-7-8-6/h2-4,9H,5H2,1H3. The molecule has 0 unspecified atom stereocenters. The van der Waals surface area contributed by atoms with Crippen molar-refractivity contribution in [3.05, 3.63) is 24.0 Å². The Morgan fingerprint density at radius 3 is 2.47 bits per heavy atom. The molecule has 0 amide bonds. The van der Waals surface area contributed by atoms with Crippen LogP contribution in [0.3, 0.4) is 0 Å². The Balaban J connectivity index is 2.83. The Morgan fingerprint density at radius 2 is 2.00 bits per heavy atom. The molecule has 1 N–H and O–H groups in total. The number of sulfonamides is 2. The van der Waals surface area contributed by atoms with Crippen molar-refractivity contribution >= 4 is 20.0 Å². The first-order chi connectivity index (χ1) is 6.79. The zero-order valence-corrected chi connectivity index (χ0v) is 9.42. The number of rotatable bonds is 4. The highest BCUT2D eigenvalue weighted by molar-refractivity contribution is 8.04. The zero-order valence-electron chi connectivity index (χ0n) is 7.78. The minimum Gasteiger partial charge on any atom is -0.212 e. The number of hydrogen-bond donors (Lipinski definition) is 1. The topological polar surface area (TPSA) is 106 Å². The molecule has 9 heteroatoms. The Labute approximate surface area is 87.6 Å². The Hall–Kier alpha value is -1.06. The van der Waals surface area contributed by atoms with Crippen molar-refractivity contribution in [2.45, 2.75) is 5.75 Å². The molecule has 1 rings (SSSR count). The number of nitrogens with one attached hydrogen (secondary N) is 1. The molecule has 0 bridgehead atoms. The summed E-state index contributed by atoms with van der Waals surface area (Å²) in [6.07, 6.45) is 2.15. The van der Waals surface area contributed by atoms with E-state index in [0.717, 1.165) is 6.26 Å². The molecule has 1 heterocycles. The average Bonchev–Trinajstić information content (AvgIpc) is 1.99. The fourth-order valence-electron chi connectivity index (χ4n) is 0.865. The lowest BCUT2D eigenvalue weighted by atomic mass is 10.4. The second-order valence-electron chi connectivity index (χ2n) is 2.83. The monoisotopic (exact) mass is 251 g/mol. The molecule has 0 saturated heterocycles. The summed E-state index contributed by atoms with van der Waals surface area (Å²) in [7, 11) is -7.72. The van der Waals surface area contributed by atoms with Crippen molar-refractivity contribution in [3.63, 3.8) is 0 Å². The first kappa shape index (κ1) is 12.0. The summed E-state index contributed by atoms with van der Waals surface area (Å²) in [5, 5.41) is 7.00. The van der Waals surface area contributed by atoms with Crippen LogP contribution < -0.4 is 4.13 Å². The molecule has 0 aliphatic carbocycles. The van der Waals surface area contributed by atoms with Gasteiger partial charge in [0.25, 0.3) is 0 Å². The van der Waals surface area contributed by atoms with Crippen LogP contribution in [0.5, 0.6) is 0 Å². The summed E-state index contributed by atoms with van der Waals surface area (Å²) in [5.41, 5.74) is 0.175. The fraction of sp³-hybridized carbons (Fsp3) is 0.333. The first-order valence-corrected chi connectivity index (χ1v) is 7.31. The highest BCUT2D eigenvalue weighted by Crippen LogP contribution is 1.99. The second kappa shape index (κ2) is 4.21. The third-order valence-corrected chi connectivity index (χ3v) is 4.15. The molecule has 1 aromatic heterocycles. The molecule has 0 radical (unpaired) electrons. The van der Waals surface area contributed by atoms with Crippen molar-refractivity contribution < 1.29 is 16.8 Å². The Bertz CT molecular complexity index is 523. The van der Waals surface area contributed by atoms with Crippen molar-refractivity contribution in [2.75, 3.05) is 6.26 Å². The van der Waals surface area contributed by atoms with Gasteiger partial charge < -0.3 is 0 Å². The van der Waals surface area contributed by atoms with E-state index in [9.17, 15) is 16.8 Å². The molecular formula is C6H9N3O4S2. The van der Waals surface area contributed by atoms with Crippen molar-refractivity contribution in [1.82, 2.24) is 14.3 Å². The molecule has 0 aliphatic rings. The van der Waals surface area contributed by atoms with Crippen LogP contribution in [0.2, 0.25) is 0 Å². The van der Waals surface area contributed by atoms with Gasteiger partial charge in [0.2, 0.25) is 20.0 Å². The van der Waals surface area contributed by atoms with Crippen molar-refractivity contribution in [2.24, 2.45) is 0 Å². The summed E-state index contributed by atoms with van der Waals surface area (Å²) >= 11 is 0. The number of hydrogen-bond acceptors (Lipinski definition) is 6. The van der Waals surface area contributed by atoms with Gasteiger partial charge >= 0.3 is 0 Å². The van der Waals surface area contributed by atoms with Gasteiger partial charge in [-0.3, -0.25) is 0 Å². The molecule has 0 aromatic carbocycles. The fourth-order valence-corrected chi connectivity index (χ4v) is 3.49. The van der Waals surface area contributed by atoms with Crippen LogP contribution in [0.25, 0.3) is 0 Å². The molecule has 15 heavy (non-hydrogen) atoms. The minimum atomic E-state index is -3.93. The van der Waals surface area contributed by atoms with Gasteiger partial charge in [0.05, 0.1) is 11.9 Å². The third kappa shape index (κ3) is 4.81. The van der Waals surface area contributed by atoms with Gasteiger partial charge in [-0.25, -0.2) is 16.8 Å². The van der Waals surface area contributed by atoms with E-state index in [1.807, 2.05) is 0 Å². The summed E-state index contributed by atoms with van der Waals surface area (Å²) < 4.78 is 45.5. The van der Waals surface area contributed by atoms with Gasteiger partial charge in [-0.05, 0) is 12.1 Å². The predicted octanol–water partition coefficient (Wildman–Crippen LogP) is -1.14. The van der Waals surface area contributed by atoms with Crippen LogP contribution >= 0.6 is 0 Å². The minimum absolute atomic E-state index is 0.175. The van der Waals surface area contributed by atoms with Crippen LogP contribution in [0.15, 0.2) is 18.3 Å². The van der Waals surface area contributed by atoms with Gasteiger partial charge in [0.15, 0.2) is 0 Å². The van der Waals surface area contributed by atoms with E-state index in [4.69, 9.17) is 0 Å². The van der Waals surface area contributed by atoms with Crippen LogP contribution in [-0.4, -0.2) is 33.3 Å². The Morgan fingerprint density at radius 1 is 1.33 bits per heavy atom. The van der Waals surface area contributed by atoms with Crippen LogP contribution in [0.1, 0.15) is 5.69 Å².